The van der Waals surface area contributed by atoms with Crippen molar-refractivity contribution in [1.82, 2.24) is 0 Å². The standard InChI is InChI=1S/C14H22FN3O2/c1-14(2,3)20-13(19)18-11-6-5-10(15)9-12(11)17-8-4-7-16/h5-6,9,17H,4,7-8,16H2,1-3H3,(H,18,19). The minimum absolute atomic E-state index is 0.380. The number of ether oxygens (including phenoxy) is 1. The number of rotatable bonds is 5. The maximum Gasteiger partial charge on any atom is 0.412 e. The average molecular weight is 283 g/mol. The van der Waals surface area contributed by atoms with Crippen LogP contribution in [0.5, 0.6) is 0 Å². The summed E-state index contributed by atoms with van der Waals surface area (Å²) in [7, 11) is 0. The molecule has 0 radical (unpaired) electrons. The Kier molecular flexibility index (Phi) is 5.76. The Morgan fingerprint density at radius 1 is 1.35 bits per heavy atom. The van der Waals surface area contributed by atoms with Gasteiger partial charge >= 0.3 is 6.09 Å². The van der Waals surface area contributed by atoms with Gasteiger partial charge in [0.15, 0.2) is 0 Å². The van der Waals surface area contributed by atoms with Gasteiger partial charge in [-0.15, -0.1) is 0 Å². The number of nitrogens with two attached hydrogens (primary N) is 1. The molecule has 0 heterocycles. The molecule has 1 aromatic carbocycles. The third-order valence-electron chi connectivity index (χ3n) is 2.31. The summed E-state index contributed by atoms with van der Waals surface area (Å²) in [5.74, 6) is -0.380. The highest BCUT2D eigenvalue weighted by Gasteiger charge is 2.17. The van der Waals surface area contributed by atoms with Gasteiger partial charge in [0.25, 0.3) is 0 Å². The highest BCUT2D eigenvalue weighted by molar-refractivity contribution is 5.89. The van der Waals surface area contributed by atoms with E-state index in [0.717, 1.165) is 6.42 Å². The van der Waals surface area contributed by atoms with Crippen molar-refractivity contribution >= 4 is 17.5 Å². The molecule has 1 amide bonds. The highest BCUT2D eigenvalue weighted by atomic mass is 19.1. The number of nitrogens with one attached hydrogen (secondary N) is 2. The van der Waals surface area contributed by atoms with Gasteiger partial charge in [0, 0.05) is 6.54 Å². The Morgan fingerprint density at radius 3 is 2.65 bits per heavy atom. The second-order valence-corrected chi connectivity index (χ2v) is 5.39. The summed E-state index contributed by atoms with van der Waals surface area (Å²) < 4.78 is 18.4. The third-order valence-corrected chi connectivity index (χ3v) is 2.31. The van der Waals surface area contributed by atoms with E-state index in [9.17, 15) is 9.18 Å². The minimum Gasteiger partial charge on any atom is -0.444 e. The molecule has 0 spiro atoms. The number of hydrogen-bond donors (Lipinski definition) is 3. The van der Waals surface area contributed by atoms with Gasteiger partial charge in [0.05, 0.1) is 11.4 Å². The van der Waals surface area contributed by atoms with Crippen LogP contribution in [0.3, 0.4) is 0 Å². The smallest absolute Gasteiger partial charge is 0.412 e. The van der Waals surface area contributed by atoms with E-state index in [0.29, 0.717) is 24.5 Å². The predicted molar refractivity (Wildman–Crippen MR) is 78.4 cm³/mol. The first-order valence-corrected chi connectivity index (χ1v) is 6.55. The maximum atomic E-state index is 13.3. The Balaban J connectivity index is 2.75. The van der Waals surface area contributed by atoms with Crippen LogP contribution in [0.4, 0.5) is 20.6 Å². The number of carbonyl (C=O) groups is 1. The van der Waals surface area contributed by atoms with E-state index in [1.165, 1.54) is 18.2 Å². The fourth-order valence-corrected chi connectivity index (χ4v) is 1.51. The van der Waals surface area contributed by atoms with Gasteiger partial charge in [-0.2, -0.15) is 0 Å². The van der Waals surface area contributed by atoms with Crippen LogP contribution in [-0.2, 0) is 4.74 Å². The molecule has 0 atom stereocenters. The monoisotopic (exact) mass is 283 g/mol. The summed E-state index contributed by atoms with van der Waals surface area (Å²) >= 11 is 0. The molecular weight excluding hydrogens is 261 g/mol. The molecule has 6 heteroatoms. The van der Waals surface area contributed by atoms with Gasteiger partial charge in [-0.1, -0.05) is 0 Å². The number of hydrogen-bond acceptors (Lipinski definition) is 4. The van der Waals surface area contributed by atoms with Crippen LogP contribution in [0.2, 0.25) is 0 Å². The lowest BCUT2D eigenvalue weighted by Crippen LogP contribution is -2.27. The highest BCUT2D eigenvalue weighted by Crippen LogP contribution is 2.23. The Bertz CT molecular complexity index is 458. The second-order valence-electron chi connectivity index (χ2n) is 5.39. The van der Waals surface area contributed by atoms with Gasteiger partial charge in [0.2, 0.25) is 0 Å². The number of benzene rings is 1. The lowest BCUT2D eigenvalue weighted by Gasteiger charge is -2.20. The maximum absolute atomic E-state index is 13.3. The molecule has 0 aliphatic rings. The molecule has 0 bridgehead atoms. The fraction of sp³-hybridized carbons (Fsp3) is 0.500. The molecule has 112 valence electrons. The molecule has 0 aromatic heterocycles. The molecule has 0 unspecified atom stereocenters. The lowest BCUT2D eigenvalue weighted by molar-refractivity contribution is 0.0636. The Hall–Kier alpha value is -1.82. The normalized spacial score (nSPS) is 11.1. The molecule has 0 aliphatic heterocycles. The summed E-state index contributed by atoms with van der Waals surface area (Å²) in [6.07, 6.45) is 0.175. The van der Waals surface area contributed by atoms with E-state index in [1.54, 1.807) is 20.8 Å². The zero-order valence-electron chi connectivity index (χ0n) is 12.1. The zero-order chi connectivity index (χ0) is 15.2. The molecular formula is C14H22FN3O2. The summed E-state index contributed by atoms with van der Waals surface area (Å²) in [5, 5.41) is 5.63. The molecule has 1 rings (SSSR count). The van der Waals surface area contributed by atoms with Crippen LogP contribution in [0.1, 0.15) is 27.2 Å². The summed E-state index contributed by atoms with van der Waals surface area (Å²) in [4.78, 5) is 11.7. The van der Waals surface area contributed by atoms with Gasteiger partial charge < -0.3 is 15.8 Å². The molecule has 5 nitrogen and oxygen atoms in total. The van der Waals surface area contributed by atoms with Gasteiger partial charge in [-0.3, -0.25) is 5.32 Å². The summed E-state index contributed by atoms with van der Waals surface area (Å²) in [6.45, 7) is 6.47. The Labute approximate surface area is 118 Å². The SMILES string of the molecule is CC(C)(C)OC(=O)Nc1ccc(F)cc1NCCCN. The van der Waals surface area contributed by atoms with E-state index in [1.807, 2.05) is 0 Å². The van der Waals surface area contributed by atoms with Crippen molar-refractivity contribution in [3.8, 4) is 0 Å². The molecule has 1 aromatic rings. The van der Waals surface area contributed by atoms with Crippen molar-refractivity contribution in [3.05, 3.63) is 24.0 Å². The van der Waals surface area contributed by atoms with E-state index in [-0.39, 0.29) is 5.82 Å². The Morgan fingerprint density at radius 2 is 2.05 bits per heavy atom. The molecule has 20 heavy (non-hydrogen) atoms. The van der Waals surface area contributed by atoms with Crippen LogP contribution in [-0.4, -0.2) is 24.8 Å². The van der Waals surface area contributed by atoms with Crippen molar-refractivity contribution in [2.45, 2.75) is 32.8 Å². The predicted octanol–water partition coefficient (Wildman–Crippen LogP) is 2.93. The van der Waals surface area contributed by atoms with Crippen molar-refractivity contribution in [1.29, 1.82) is 0 Å². The van der Waals surface area contributed by atoms with Crippen molar-refractivity contribution < 1.29 is 13.9 Å². The first kappa shape index (κ1) is 16.2. The zero-order valence-corrected chi connectivity index (χ0v) is 12.1. The van der Waals surface area contributed by atoms with E-state index < -0.39 is 11.7 Å². The van der Waals surface area contributed by atoms with Crippen LogP contribution in [0.15, 0.2) is 18.2 Å². The molecule has 0 saturated heterocycles. The first-order chi connectivity index (χ1) is 9.31. The van der Waals surface area contributed by atoms with Gasteiger partial charge in [-0.25, -0.2) is 9.18 Å². The van der Waals surface area contributed by atoms with Crippen molar-refractivity contribution in [2.24, 2.45) is 5.73 Å². The topological polar surface area (TPSA) is 76.4 Å². The second kappa shape index (κ2) is 7.09. The van der Waals surface area contributed by atoms with Crippen LogP contribution < -0.4 is 16.4 Å². The van der Waals surface area contributed by atoms with Crippen molar-refractivity contribution in [3.63, 3.8) is 0 Å². The lowest BCUT2D eigenvalue weighted by atomic mass is 10.2. The van der Waals surface area contributed by atoms with Gasteiger partial charge in [-0.05, 0) is 51.9 Å². The van der Waals surface area contributed by atoms with Crippen LogP contribution in [0, 0.1) is 5.82 Å². The average Bonchev–Trinajstić information content (AvgIpc) is 2.30. The number of halogens is 1. The molecule has 0 saturated carbocycles. The minimum atomic E-state index is -0.586. The quantitative estimate of drug-likeness (QED) is 0.726. The van der Waals surface area contributed by atoms with E-state index in [2.05, 4.69) is 10.6 Å². The van der Waals surface area contributed by atoms with Gasteiger partial charge in [0.1, 0.15) is 11.4 Å². The molecule has 0 fully saturated rings. The van der Waals surface area contributed by atoms with Crippen LogP contribution in [0.25, 0.3) is 0 Å². The largest absolute Gasteiger partial charge is 0.444 e. The van der Waals surface area contributed by atoms with Crippen molar-refractivity contribution in [2.75, 3.05) is 23.7 Å². The number of anilines is 2. The summed E-state index contributed by atoms with van der Waals surface area (Å²) in [5.41, 5.74) is 5.79. The number of carbonyl (C=O) groups excluding carboxylic acids is 1. The van der Waals surface area contributed by atoms with Crippen LogP contribution >= 0.6 is 0 Å². The first-order valence-electron chi connectivity index (χ1n) is 6.55. The summed E-state index contributed by atoms with van der Waals surface area (Å²) in [6, 6.07) is 4.09. The molecule has 0 aliphatic carbocycles. The fourth-order valence-electron chi connectivity index (χ4n) is 1.51. The number of amides is 1. The third kappa shape index (κ3) is 5.88. The van der Waals surface area contributed by atoms with E-state index in [4.69, 9.17) is 10.5 Å². The molecule has 4 N–H and O–H groups in total. The van der Waals surface area contributed by atoms with E-state index >= 15 is 0 Å².